The summed E-state index contributed by atoms with van der Waals surface area (Å²) in [5, 5.41) is 3.37. The summed E-state index contributed by atoms with van der Waals surface area (Å²) < 4.78 is 11.1. The fraction of sp³-hybridized carbons (Fsp3) is 0.647. The maximum atomic E-state index is 6.07. The fourth-order valence-electron chi connectivity index (χ4n) is 2.40. The summed E-state index contributed by atoms with van der Waals surface area (Å²) in [6.45, 7) is 11.1. The summed E-state index contributed by atoms with van der Waals surface area (Å²) >= 11 is 0. The lowest BCUT2D eigenvalue weighted by Crippen LogP contribution is -2.19. The van der Waals surface area contributed by atoms with Gasteiger partial charge >= 0.3 is 0 Å². The molecule has 0 radical (unpaired) electrons. The molecule has 1 rings (SSSR count). The number of ether oxygens (including phenoxy) is 2. The van der Waals surface area contributed by atoms with Crippen molar-refractivity contribution in [1.29, 1.82) is 0 Å². The second-order valence-corrected chi connectivity index (χ2v) is 5.45. The largest absolute Gasteiger partial charge is 0.490 e. The highest BCUT2D eigenvalue weighted by atomic mass is 16.5. The minimum absolute atomic E-state index is 0.281. The van der Waals surface area contributed by atoms with Crippen LogP contribution in [-0.2, 0) is 11.3 Å². The molecule has 1 aromatic carbocycles. The summed E-state index contributed by atoms with van der Waals surface area (Å²) in [4.78, 5) is 0. The second kappa shape index (κ2) is 8.98. The number of hydrogen-bond donors (Lipinski definition) is 1. The van der Waals surface area contributed by atoms with Gasteiger partial charge in [-0.3, -0.25) is 0 Å². The van der Waals surface area contributed by atoms with E-state index in [4.69, 9.17) is 9.47 Å². The molecule has 0 aliphatic heterocycles. The lowest BCUT2D eigenvalue weighted by Gasteiger charge is -2.19. The molecule has 1 N–H and O–H groups in total. The van der Waals surface area contributed by atoms with Gasteiger partial charge in [-0.05, 0) is 43.9 Å². The van der Waals surface area contributed by atoms with Gasteiger partial charge in [0.05, 0.1) is 12.7 Å². The summed E-state index contributed by atoms with van der Waals surface area (Å²) in [5.41, 5.74) is 3.74. The third kappa shape index (κ3) is 5.51. The van der Waals surface area contributed by atoms with Crippen molar-refractivity contribution >= 4 is 0 Å². The van der Waals surface area contributed by atoms with Crippen molar-refractivity contribution in [3.05, 3.63) is 28.8 Å². The van der Waals surface area contributed by atoms with E-state index in [9.17, 15) is 0 Å². The molecule has 0 amide bonds. The fourth-order valence-corrected chi connectivity index (χ4v) is 2.40. The highest BCUT2D eigenvalue weighted by molar-refractivity contribution is 5.43. The summed E-state index contributed by atoms with van der Waals surface area (Å²) in [6, 6.07) is 4.42. The summed E-state index contributed by atoms with van der Waals surface area (Å²) in [5.74, 6) is 1.05. The molecule has 3 heteroatoms. The number of methoxy groups -OCH3 is 1. The van der Waals surface area contributed by atoms with E-state index in [0.29, 0.717) is 0 Å². The molecule has 0 spiro atoms. The molecule has 20 heavy (non-hydrogen) atoms. The number of nitrogens with one attached hydrogen (secondary N) is 1. The van der Waals surface area contributed by atoms with E-state index in [1.807, 2.05) is 0 Å². The van der Waals surface area contributed by atoms with Gasteiger partial charge in [0.15, 0.2) is 0 Å². The Bertz CT molecular complexity index is 381. The van der Waals surface area contributed by atoms with Gasteiger partial charge < -0.3 is 14.8 Å². The van der Waals surface area contributed by atoms with E-state index in [1.165, 1.54) is 16.7 Å². The highest BCUT2D eigenvalue weighted by Crippen LogP contribution is 2.26. The average molecular weight is 279 g/mol. The van der Waals surface area contributed by atoms with Gasteiger partial charge in [-0.25, -0.2) is 0 Å². The molecular formula is C17H29NO2. The standard InChI is InChI=1S/C17H29NO2/c1-6-7-15(4)20-17-13(2)10-16(11-14(17)3)12-18-8-9-19-5/h10-11,15,18H,6-9,12H2,1-5H3. The number of rotatable bonds is 9. The zero-order chi connectivity index (χ0) is 15.0. The molecule has 3 nitrogen and oxygen atoms in total. The van der Waals surface area contributed by atoms with Crippen LogP contribution in [-0.4, -0.2) is 26.4 Å². The van der Waals surface area contributed by atoms with Gasteiger partial charge in [0.1, 0.15) is 5.75 Å². The van der Waals surface area contributed by atoms with Crippen molar-refractivity contribution in [1.82, 2.24) is 5.32 Å². The molecule has 0 aliphatic rings. The summed E-state index contributed by atoms with van der Waals surface area (Å²) in [6.07, 6.45) is 2.53. The molecular weight excluding hydrogens is 250 g/mol. The first-order valence-corrected chi connectivity index (χ1v) is 7.54. The van der Waals surface area contributed by atoms with Gasteiger partial charge in [0.2, 0.25) is 0 Å². The van der Waals surface area contributed by atoms with E-state index in [2.05, 4.69) is 45.1 Å². The molecule has 0 fully saturated rings. The van der Waals surface area contributed by atoms with Crippen LogP contribution in [0.3, 0.4) is 0 Å². The zero-order valence-corrected chi connectivity index (χ0v) is 13.6. The Labute approximate surface area is 123 Å². The van der Waals surface area contributed by atoms with Gasteiger partial charge in [-0.2, -0.15) is 0 Å². The molecule has 114 valence electrons. The van der Waals surface area contributed by atoms with Crippen LogP contribution in [0.5, 0.6) is 5.75 Å². The second-order valence-electron chi connectivity index (χ2n) is 5.45. The predicted octanol–water partition coefficient (Wildman–Crippen LogP) is 3.61. The summed E-state index contributed by atoms with van der Waals surface area (Å²) in [7, 11) is 1.72. The minimum Gasteiger partial charge on any atom is -0.490 e. The van der Waals surface area contributed by atoms with Crippen molar-refractivity contribution in [3.8, 4) is 5.75 Å². The SMILES string of the molecule is CCCC(C)Oc1c(C)cc(CNCCOC)cc1C. The molecule has 0 heterocycles. The predicted molar refractivity (Wildman–Crippen MR) is 84.5 cm³/mol. The number of aryl methyl sites for hydroxylation is 2. The van der Waals surface area contributed by atoms with Crippen LogP contribution in [0.25, 0.3) is 0 Å². The third-order valence-corrected chi connectivity index (χ3v) is 3.35. The first kappa shape index (κ1) is 17.0. The zero-order valence-electron chi connectivity index (χ0n) is 13.6. The van der Waals surface area contributed by atoms with Crippen LogP contribution in [0.1, 0.15) is 43.4 Å². The Morgan fingerprint density at radius 3 is 2.40 bits per heavy atom. The van der Waals surface area contributed by atoms with Crippen molar-refractivity contribution in [2.75, 3.05) is 20.3 Å². The molecule has 0 saturated heterocycles. The van der Waals surface area contributed by atoms with Crippen LogP contribution in [0.2, 0.25) is 0 Å². The Morgan fingerprint density at radius 2 is 1.85 bits per heavy atom. The topological polar surface area (TPSA) is 30.5 Å². The van der Waals surface area contributed by atoms with E-state index >= 15 is 0 Å². The van der Waals surface area contributed by atoms with E-state index in [-0.39, 0.29) is 6.10 Å². The van der Waals surface area contributed by atoms with Crippen molar-refractivity contribution in [2.45, 2.75) is 53.2 Å². The quantitative estimate of drug-likeness (QED) is 0.701. The maximum Gasteiger partial charge on any atom is 0.125 e. The first-order chi connectivity index (χ1) is 9.58. The van der Waals surface area contributed by atoms with Crippen LogP contribution in [0, 0.1) is 13.8 Å². The third-order valence-electron chi connectivity index (χ3n) is 3.35. The van der Waals surface area contributed by atoms with E-state index < -0.39 is 0 Å². The van der Waals surface area contributed by atoms with Crippen molar-refractivity contribution in [3.63, 3.8) is 0 Å². The Morgan fingerprint density at radius 1 is 1.20 bits per heavy atom. The molecule has 0 aromatic heterocycles. The first-order valence-electron chi connectivity index (χ1n) is 7.54. The van der Waals surface area contributed by atoms with Gasteiger partial charge in [-0.1, -0.05) is 25.5 Å². The molecule has 0 aliphatic carbocycles. The average Bonchev–Trinajstić information content (AvgIpc) is 2.39. The van der Waals surface area contributed by atoms with E-state index in [0.717, 1.165) is 38.3 Å². The Kier molecular flexibility index (Phi) is 7.63. The molecule has 1 atom stereocenters. The van der Waals surface area contributed by atoms with E-state index in [1.54, 1.807) is 7.11 Å². The maximum absolute atomic E-state index is 6.07. The lowest BCUT2D eigenvalue weighted by atomic mass is 10.1. The normalized spacial score (nSPS) is 12.4. The van der Waals surface area contributed by atoms with Crippen LogP contribution < -0.4 is 10.1 Å². The van der Waals surface area contributed by atoms with Crippen molar-refractivity contribution < 1.29 is 9.47 Å². The number of benzene rings is 1. The Hall–Kier alpha value is -1.06. The van der Waals surface area contributed by atoms with Crippen LogP contribution in [0.15, 0.2) is 12.1 Å². The molecule has 0 bridgehead atoms. The van der Waals surface area contributed by atoms with Crippen molar-refractivity contribution in [2.24, 2.45) is 0 Å². The van der Waals surface area contributed by atoms with Crippen LogP contribution in [0.4, 0.5) is 0 Å². The minimum atomic E-state index is 0.281. The molecule has 1 unspecified atom stereocenters. The molecule has 0 saturated carbocycles. The van der Waals surface area contributed by atoms with Gasteiger partial charge in [0.25, 0.3) is 0 Å². The molecule has 1 aromatic rings. The van der Waals surface area contributed by atoms with Crippen LogP contribution >= 0.6 is 0 Å². The lowest BCUT2D eigenvalue weighted by molar-refractivity contribution is 0.199. The Balaban J connectivity index is 2.66. The van der Waals surface area contributed by atoms with Gasteiger partial charge in [-0.15, -0.1) is 0 Å². The monoisotopic (exact) mass is 279 g/mol. The van der Waals surface area contributed by atoms with Gasteiger partial charge in [0, 0.05) is 20.2 Å². The number of hydrogen-bond acceptors (Lipinski definition) is 3. The highest BCUT2D eigenvalue weighted by Gasteiger charge is 2.10. The smallest absolute Gasteiger partial charge is 0.125 e.